The highest BCUT2D eigenvalue weighted by atomic mass is 14.9. The van der Waals surface area contributed by atoms with E-state index in [0.29, 0.717) is 0 Å². The van der Waals surface area contributed by atoms with Crippen molar-refractivity contribution in [2.24, 2.45) is 5.73 Å². The minimum Gasteiger partial charge on any atom is -0.386 e. The highest BCUT2D eigenvalue weighted by Crippen LogP contribution is 1.78. The Morgan fingerprint density at radius 1 is 1.86 bits per heavy atom. The SMILES string of the molecule is CC/C=C(/N)NC. The molecule has 0 heterocycles. The van der Waals surface area contributed by atoms with Gasteiger partial charge in [-0.05, 0) is 12.5 Å². The molecule has 0 aliphatic carbocycles. The summed E-state index contributed by atoms with van der Waals surface area (Å²) >= 11 is 0. The van der Waals surface area contributed by atoms with Gasteiger partial charge in [0.25, 0.3) is 0 Å². The lowest BCUT2D eigenvalue weighted by atomic mass is 10.4. The highest BCUT2D eigenvalue weighted by molar-refractivity contribution is 4.90. The van der Waals surface area contributed by atoms with Gasteiger partial charge in [-0.3, -0.25) is 0 Å². The number of rotatable bonds is 2. The zero-order chi connectivity index (χ0) is 5.70. The average Bonchev–Trinajstić information content (AvgIpc) is 1.68. The van der Waals surface area contributed by atoms with Crippen LogP contribution in [0.4, 0.5) is 0 Å². The summed E-state index contributed by atoms with van der Waals surface area (Å²) < 4.78 is 0. The molecule has 0 aliphatic heterocycles. The number of hydrogen-bond acceptors (Lipinski definition) is 2. The molecular formula is C5H12N2. The van der Waals surface area contributed by atoms with Crippen LogP contribution in [0.25, 0.3) is 0 Å². The summed E-state index contributed by atoms with van der Waals surface area (Å²) in [5.41, 5.74) is 5.33. The molecule has 0 saturated heterocycles. The normalized spacial score (nSPS) is 11.4. The van der Waals surface area contributed by atoms with E-state index in [2.05, 4.69) is 5.32 Å². The molecule has 0 amide bonds. The molecule has 3 N–H and O–H groups in total. The molecule has 0 rings (SSSR count). The fourth-order valence-corrected chi connectivity index (χ4v) is 0.322. The van der Waals surface area contributed by atoms with Crippen molar-refractivity contribution in [1.29, 1.82) is 0 Å². The molecule has 0 unspecified atom stereocenters. The largest absolute Gasteiger partial charge is 0.386 e. The van der Waals surface area contributed by atoms with Crippen LogP contribution in [0.5, 0.6) is 0 Å². The monoisotopic (exact) mass is 100 g/mol. The van der Waals surface area contributed by atoms with E-state index < -0.39 is 0 Å². The van der Waals surface area contributed by atoms with Gasteiger partial charge in [0.05, 0.1) is 5.82 Å². The second-order valence-corrected chi connectivity index (χ2v) is 1.32. The van der Waals surface area contributed by atoms with Crippen LogP contribution in [0.15, 0.2) is 11.9 Å². The average molecular weight is 100 g/mol. The van der Waals surface area contributed by atoms with Gasteiger partial charge < -0.3 is 11.1 Å². The number of allylic oxidation sites excluding steroid dienone is 1. The summed E-state index contributed by atoms with van der Waals surface area (Å²) in [5, 5.41) is 2.80. The zero-order valence-electron chi connectivity index (χ0n) is 4.86. The molecule has 0 fully saturated rings. The first-order valence-corrected chi connectivity index (χ1v) is 2.44. The van der Waals surface area contributed by atoms with Crippen molar-refractivity contribution in [3.8, 4) is 0 Å². The molecular weight excluding hydrogens is 88.1 g/mol. The van der Waals surface area contributed by atoms with Gasteiger partial charge in [0.2, 0.25) is 0 Å². The van der Waals surface area contributed by atoms with Crippen LogP contribution in [0.1, 0.15) is 13.3 Å². The molecule has 0 radical (unpaired) electrons. The summed E-state index contributed by atoms with van der Waals surface area (Å²) in [7, 11) is 1.81. The van der Waals surface area contributed by atoms with E-state index in [0.717, 1.165) is 12.2 Å². The molecule has 0 aromatic heterocycles. The molecule has 0 saturated carbocycles. The maximum absolute atomic E-state index is 5.33. The van der Waals surface area contributed by atoms with E-state index in [-0.39, 0.29) is 0 Å². The van der Waals surface area contributed by atoms with Crippen LogP contribution in [0.3, 0.4) is 0 Å². The van der Waals surface area contributed by atoms with Gasteiger partial charge in [0, 0.05) is 7.05 Å². The van der Waals surface area contributed by atoms with Gasteiger partial charge in [-0.25, -0.2) is 0 Å². The van der Waals surface area contributed by atoms with Crippen LogP contribution < -0.4 is 11.1 Å². The molecule has 0 aromatic rings. The van der Waals surface area contributed by atoms with Gasteiger partial charge in [-0.15, -0.1) is 0 Å². The standard InChI is InChI=1S/C5H12N2/c1-3-4-5(6)7-2/h4,7H,3,6H2,1-2H3/b5-4-. The highest BCUT2D eigenvalue weighted by Gasteiger charge is 1.74. The molecule has 2 heteroatoms. The molecule has 0 spiro atoms. The number of nitrogens with one attached hydrogen (secondary N) is 1. The van der Waals surface area contributed by atoms with Crippen molar-refractivity contribution < 1.29 is 0 Å². The van der Waals surface area contributed by atoms with Gasteiger partial charge >= 0.3 is 0 Å². The predicted octanol–water partition coefficient (Wildman–Crippen LogP) is 0.416. The van der Waals surface area contributed by atoms with E-state index in [1.807, 2.05) is 20.0 Å². The fraction of sp³-hybridized carbons (Fsp3) is 0.600. The Kier molecular flexibility index (Phi) is 3.19. The van der Waals surface area contributed by atoms with Crippen molar-refractivity contribution in [3.63, 3.8) is 0 Å². The predicted molar refractivity (Wildman–Crippen MR) is 31.6 cm³/mol. The third-order valence-corrected chi connectivity index (χ3v) is 0.713. The second kappa shape index (κ2) is 3.53. The Bertz CT molecular complexity index is 66.5. The first-order chi connectivity index (χ1) is 3.31. The minimum atomic E-state index is 0.752. The van der Waals surface area contributed by atoms with Crippen LogP contribution >= 0.6 is 0 Å². The lowest BCUT2D eigenvalue weighted by Crippen LogP contribution is -2.13. The van der Waals surface area contributed by atoms with Crippen LogP contribution in [0.2, 0.25) is 0 Å². The summed E-state index contributed by atoms with van der Waals surface area (Å²) in [5.74, 6) is 0.752. The smallest absolute Gasteiger partial charge is 0.0916 e. The van der Waals surface area contributed by atoms with Gasteiger partial charge in [-0.1, -0.05) is 6.92 Å². The van der Waals surface area contributed by atoms with E-state index in [1.165, 1.54) is 0 Å². The van der Waals surface area contributed by atoms with Crippen molar-refractivity contribution in [3.05, 3.63) is 11.9 Å². The molecule has 7 heavy (non-hydrogen) atoms. The first kappa shape index (κ1) is 6.34. The Morgan fingerprint density at radius 3 is 2.57 bits per heavy atom. The molecule has 2 nitrogen and oxygen atoms in total. The summed E-state index contributed by atoms with van der Waals surface area (Å²) in [6.45, 7) is 2.05. The lowest BCUT2D eigenvalue weighted by molar-refractivity contribution is 0.944. The van der Waals surface area contributed by atoms with Gasteiger partial charge in [-0.2, -0.15) is 0 Å². The third-order valence-electron chi connectivity index (χ3n) is 0.713. The minimum absolute atomic E-state index is 0.752. The Balaban J connectivity index is 3.29. The fourth-order valence-electron chi connectivity index (χ4n) is 0.322. The van der Waals surface area contributed by atoms with Gasteiger partial charge in [0.15, 0.2) is 0 Å². The maximum Gasteiger partial charge on any atom is 0.0916 e. The van der Waals surface area contributed by atoms with Crippen LogP contribution in [0, 0.1) is 0 Å². The van der Waals surface area contributed by atoms with Crippen molar-refractivity contribution >= 4 is 0 Å². The zero-order valence-corrected chi connectivity index (χ0v) is 4.86. The van der Waals surface area contributed by atoms with Crippen molar-refractivity contribution in [2.75, 3.05) is 7.05 Å². The number of nitrogens with two attached hydrogens (primary N) is 1. The van der Waals surface area contributed by atoms with E-state index in [4.69, 9.17) is 5.73 Å². The van der Waals surface area contributed by atoms with E-state index >= 15 is 0 Å². The summed E-state index contributed by atoms with van der Waals surface area (Å²) in [6, 6.07) is 0. The molecule has 0 aliphatic rings. The first-order valence-electron chi connectivity index (χ1n) is 2.44. The Morgan fingerprint density at radius 2 is 2.43 bits per heavy atom. The van der Waals surface area contributed by atoms with Crippen molar-refractivity contribution in [2.45, 2.75) is 13.3 Å². The van der Waals surface area contributed by atoms with Crippen LogP contribution in [-0.2, 0) is 0 Å². The Labute approximate surface area is 44.4 Å². The molecule has 0 atom stereocenters. The summed E-state index contributed by atoms with van der Waals surface area (Å²) in [6.07, 6.45) is 2.92. The number of hydrogen-bond donors (Lipinski definition) is 2. The van der Waals surface area contributed by atoms with Crippen LogP contribution in [-0.4, -0.2) is 7.05 Å². The third kappa shape index (κ3) is 3.16. The van der Waals surface area contributed by atoms with Crippen molar-refractivity contribution in [1.82, 2.24) is 5.32 Å². The molecule has 0 bridgehead atoms. The Hall–Kier alpha value is -0.660. The maximum atomic E-state index is 5.33. The van der Waals surface area contributed by atoms with E-state index in [1.54, 1.807) is 0 Å². The van der Waals surface area contributed by atoms with Gasteiger partial charge in [0.1, 0.15) is 0 Å². The van der Waals surface area contributed by atoms with E-state index in [9.17, 15) is 0 Å². The topological polar surface area (TPSA) is 38.0 Å². The summed E-state index contributed by atoms with van der Waals surface area (Å²) in [4.78, 5) is 0. The quantitative estimate of drug-likeness (QED) is 0.527. The molecule has 42 valence electrons. The second-order valence-electron chi connectivity index (χ2n) is 1.32. The molecule has 0 aromatic carbocycles. The lowest BCUT2D eigenvalue weighted by Gasteiger charge is -1.94.